The van der Waals surface area contributed by atoms with Gasteiger partial charge in [-0.3, -0.25) is 9.59 Å². The van der Waals surface area contributed by atoms with Gasteiger partial charge in [-0.1, -0.05) is 32.0 Å². The molecule has 5 heteroatoms. The predicted octanol–water partition coefficient (Wildman–Crippen LogP) is 2.44. The third-order valence-corrected chi connectivity index (χ3v) is 4.31. The largest absolute Gasteiger partial charge is 0.347 e. The maximum Gasteiger partial charge on any atom is 0.253 e. The van der Waals surface area contributed by atoms with Crippen molar-refractivity contribution in [3.05, 3.63) is 61.5 Å². The first-order valence-corrected chi connectivity index (χ1v) is 6.90. The van der Waals surface area contributed by atoms with E-state index in [0.717, 1.165) is 11.4 Å². The van der Waals surface area contributed by atoms with Gasteiger partial charge in [-0.05, 0) is 17.7 Å². The second kappa shape index (κ2) is 4.61. The second-order valence-corrected chi connectivity index (χ2v) is 5.87. The zero-order chi connectivity index (χ0) is 16.1. The molecule has 0 saturated carbocycles. The minimum absolute atomic E-state index is 0.0210. The van der Waals surface area contributed by atoms with Crippen LogP contribution >= 0.6 is 0 Å². The molecule has 0 radical (unpaired) electrons. The topological polar surface area (TPSA) is 73.6 Å². The highest BCUT2D eigenvalue weighted by Gasteiger charge is 2.38. The Balaban J connectivity index is 2.19. The smallest absolute Gasteiger partial charge is 0.253 e. The number of fused-ring (bicyclic) bond motifs is 1. The number of anilines is 1. The number of nitrogens with zero attached hydrogens (tertiary/aromatic N) is 2. The summed E-state index contributed by atoms with van der Waals surface area (Å²) in [5, 5.41) is 6.88. The van der Waals surface area contributed by atoms with Gasteiger partial charge in [0, 0.05) is 23.8 Å². The highest BCUT2D eigenvalue weighted by atomic mass is 16.2. The lowest BCUT2D eigenvalue weighted by Crippen LogP contribution is -2.34. The van der Waals surface area contributed by atoms with Gasteiger partial charge in [-0.15, -0.1) is 0 Å². The maximum absolute atomic E-state index is 11.8. The minimum atomic E-state index is -0.650. The van der Waals surface area contributed by atoms with E-state index in [-0.39, 0.29) is 16.7 Å². The monoisotopic (exact) mass is 293 g/mol. The summed E-state index contributed by atoms with van der Waals surface area (Å²) >= 11 is 0. The normalized spacial score (nSPS) is 17.6. The highest BCUT2D eigenvalue weighted by Crippen LogP contribution is 2.47. The average molecular weight is 293 g/mol. The lowest BCUT2D eigenvalue weighted by molar-refractivity contribution is 0.645. The zero-order valence-electron chi connectivity index (χ0n) is 12.6. The molecule has 2 aromatic carbocycles. The molecule has 0 aliphatic carbocycles. The van der Waals surface area contributed by atoms with Crippen molar-refractivity contribution in [2.24, 2.45) is 4.99 Å². The third kappa shape index (κ3) is 1.73. The van der Waals surface area contributed by atoms with Crippen LogP contribution in [0.25, 0.3) is 6.08 Å². The molecule has 3 rings (SSSR count). The Morgan fingerprint density at radius 1 is 1.23 bits per heavy atom. The predicted molar refractivity (Wildman–Crippen MR) is 87.0 cm³/mol. The first-order valence-electron chi connectivity index (χ1n) is 6.90. The number of allylic oxidation sites excluding steroid dienone is 1. The quantitative estimate of drug-likeness (QED) is 0.682. The molecule has 0 bridgehead atoms. The highest BCUT2D eigenvalue weighted by molar-refractivity contribution is 5.79. The maximum atomic E-state index is 11.8. The zero-order valence-corrected chi connectivity index (χ0v) is 12.6. The van der Waals surface area contributed by atoms with Crippen LogP contribution in [0.2, 0.25) is 0 Å². The molecule has 0 saturated heterocycles. The second-order valence-electron chi connectivity index (χ2n) is 5.87. The van der Waals surface area contributed by atoms with Crippen LogP contribution < -0.4 is 15.8 Å². The summed E-state index contributed by atoms with van der Waals surface area (Å²) in [5.41, 5.74) is 1.96. The van der Waals surface area contributed by atoms with E-state index < -0.39 is 10.9 Å². The van der Waals surface area contributed by atoms with Gasteiger partial charge in [-0.2, -0.15) is 4.99 Å². The van der Waals surface area contributed by atoms with Gasteiger partial charge in [0.2, 0.25) is 5.43 Å². The first-order chi connectivity index (χ1) is 10.4. The molecule has 5 nitrogen and oxygen atoms in total. The van der Waals surface area contributed by atoms with Crippen molar-refractivity contribution in [3.63, 3.8) is 0 Å². The summed E-state index contributed by atoms with van der Waals surface area (Å²) in [6.07, 6.45) is 1.71. The van der Waals surface area contributed by atoms with Crippen LogP contribution in [-0.2, 0) is 5.41 Å². The lowest BCUT2D eigenvalue weighted by atomic mass is 9.83. The molecule has 0 spiro atoms. The van der Waals surface area contributed by atoms with Crippen LogP contribution in [-0.4, -0.2) is 13.1 Å². The van der Waals surface area contributed by atoms with Gasteiger partial charge in [-0.25, -0.2) is 5.41 Å². The number of hydrogen-bond acceptors (Lipinski definition) is 5. The van der Waals surface area contributed by atoms with Crippen LogP contribution in [0.3, 0.4) is 0 Å². The molecule has 1 heterocycles. The molecule has 1 aliphatic heterocycles. The van der Waals surface area contributed by atoms with Crippen molar-refractivity contribution in [2.45, 2.75) is 19.3 Å². The van der Waals surface area contributed by atoms with Crippen LogP contribution in [0.5, 0.6) is 0 Å². The number of rotatable bonds is 2. The minimum Gasteiger partial charge on any atom is -0.347 e. The van der Waals surface area contributed by atoms with Crippen molar-refractivity contribution >= 4 is 23.5 Å². The molecule has 1 aliphatic rings. The van der Waals surface area contributed by atoms with Crippen LogP contribution in [0.1, 0.15) is 25.0 Å². The van der Waals surface area contributed by atoms with Gasteiger partial charge in [0.15, 0.2) is 0 Å². The van der Waals surface area contributed by atoms with Gasteiger partial charge < -0.3 is 4.90 Å². The fourth-order valence-corrected chi connectivity index (χ4v) is 3.09. The third-order valence-electron chi connectivity index (χ3n) is 4.31. The van der Waals surface area contributed by atoms with E-state index in [1.807, 2.05) is 36.2 Å². The number of para-hydroxylation sites is 1. The Bertz CT molecular complexity index is 924. The molecule has 0 amide bonds. The SMILES string of the molecule is CN1C(=Cc2c(N=C=N)c(=O)c2=O)C(C)(C)c2ccccc21. The molecule has 0 atom stereocenters. The van der Waals surface area contributed by atoms with Gasteiger partial charge >= 0.3 is 0 Å². The Morgan fingerprint density at radius 2 is 1.91 bits per heavy atom. The molecule has 0 fully saturated rings. The van der Waals surface area contributed by atoms with Crippen LogP contribution in [0.4, 0.5) is 11.4 Å². The fourth-order valence-electron chi connectivity index (χ4n) is 3.09. The first kappa shape index (κ1) is 14.2. The van der Waals surface area contributed by atoms with Crippen molar-refractivity contribution < 1.29 is 0 Å². The van der Waals surface area contributed by atoms with E-state index in [4.69, 9.17) is 5.41 Å². The van der Waals surface area contributed by atoms with E-state index in [2.05, 4.69) is 24.9 Å². The molecule has 0 aromatic heterocycles. The van der Waals surface area contributed by atoms with Gasteiger partial charge in [0.1, 0.15) is 5.69 Å². The van der Waals surface area contributed by atoms with E-state index in [1.54, 1.807) is 6.08 Å². The van der Waals surface area contributed by atoms with Crippen LogP contribution in [0, 0.1) is 5.41 Å². The standard InChI is InChI=1S/C17H15N3O2/c1-17(2)11-6-4-5-7-12(11)20(3)13(17)8-10-14(19-9-18)16(22)15(10)21/h4-8,18H,1-3H3. The van der Waals surface area contributed by atoms with Gasteiger partial charge in [0.05, 0.1) is 11.6 Å². The molecular weight excluding hydrogens is 278 g/mol. The van der Waals surface area contributed by atoms with E-state index in [1.165, 1.54) is 5.56 Å². The van der Waals surface area contributed by atoms with Crippen molar-refractivity contribution in [1.82, 2.24) is 0 Å². The summed E-state index contributed by atoms with van der Waals surface area (Å²) in [4.78, 5) is 28.9. The summed E-state index contributed by atoms with van der Waals surface area (Å²) in [7, 11) is 1.94. The molecular formula is C17H15N3O2. The van der Waals surface area contributed by atoms with E-state index >= 15 is 0 Å². The fraction of sp³-hybridized carbons (Fsp3) is 0.235. The Kier molecular flexibility index (Phi) is 2.97. The van der Waals surface area contributed by atoms with Gasteiger partial charge in [0.25, 0.3) is 5.43 Å². The number of aliphatic imine (C=N–C) groups is 1. The summed E-state index contributed by atoms with van der Waals surface area (Å²) in [6.45, 7) is 4.15. The van der Waals surface area contributed by atoms with Crippen molar-refractivity contribution in [2.75, 3.05) is 11.9 Å². The van der Waals surface area contributed by atoms with E-state index in [0.29, 0.717) is 0 Å². The number of nitrogens with one attached hydrogen (secondary N) is 1. The summed E-state index contributed by atoms with van der Waals surface area (Å²) in [6, 6.07) is 9.87. The number of hydrogen-bond donors (Lipinski definition) is 1. The number of benzene rings is 1. The lowest BCUT2D eigenvalue weighted by Gasteiger charge is -2.24. The summed E-state index contributed by atoms with van der Waals surface area (Å²) < 4.78 is 0. The van der Waals surface area contributed by atoms with Crippen LogP contribution in [0.15, 0.2) is 44.5 Å². The molecule has 1 N–H and O–H groups in total. The molecule has 22 heavy (non-hydrogen) atoms. The Hall–Kier alpha value is -2.78. The Morgan fingerprint density at radius 3 is 2.55 bits per heavy atom. The Labute approximate surface area is 127 Å². The summed E-state index contributed by atoms with van der Waals surface area (Å²) in [5.74, 6) is 0. The molecule has 2 aromatic rings. The number of likely N-dealkylation sites (N-methyl/N-ethyl adjacent to an activating group) is 1. The van der Waals surface area contributed by atoms with Crippen molar-refractivity contribution in [1.29, 1.82) is 5.41 Å². The molecule has 0 unspecified atom stereocenters. The van der Waals surface area contributed by atoms with Crippen molar-refractivity contribution in [3.8, 4) is 0 Å². The average Bonchev–Trinajstić information content (AvgIpc) is 2.71. The van der Waals surface area contributed by atoms with E-state index in [9.17, 15) is 9.59 Å². The molecule has 110 valence electrons.